The minimum absolute atomic E-state index is 0.126. The van der Waals surface area contributed by atoms with Gasteiger partial charge in [0.25, 0.3) is 0 Å². The Labute approximate surface area is 135 Å². The van der Waals surface area contributed by atoms with Crippen LogP contribution >= 0.6 is 24.0 Å². The van der Waals surface area contributed by atoms with Crippen LogP contribution in [0.4, 0.5) is 4.39 Å². The zero-order chi connectivity index (χ0) is 14.7. The molecule has 1 fully saturated rings. The first-order chi connectivity index (χ1) is 10.2. The lowest BCUT2D eigenvalue weighted by atomic mass is 9.96. The molecular formula is C16H21FN2S2. The Morgan fingerprint density at radius 1 is 1.14 bits per heavy atom. The second kappa shape index (κ2) is 6.97. The largest absolute Gasteiger partial charge is 0.360 e. The van der Waals surface area contributed by atoms with E-state index >= 15 is 0 Å². The van der Waals surface area contributed by atoms with Gasteiger partial charge in [-0.25, -0.2) is 4.39 Å². The Balaban J connectivity index is 1.63. The fourth-order valence-electron chi connectivity index (χ4n) is 3.15. The highest BCUT2D eigenvalue weighted by molar-refractivity contribution is 7.99. The molecule has 2 aliphatic rings. The maximum atomic E-state index is 13.5. The van der Waals surface area contributed by atoms with Crippen LogP contribution in [0.25, 0.3) is 0 Å². The standard InChI is InChI=1S/C16H21FN2S2/c17-11-6-7-15-13(10-11)14(8-9-21-15)19-16(20)18-12-4-2-1-3-5-12/h6-7,10,12,14H,1-5,8-9H2,(H2,18,19,20)/t14-/m1/s1. The molecule has 1 saturated carbocycles. The number of thiocarbonyl (C=S) groups is 1. The van der Waals surface area contributed by atoms with Crippen molar-refractivity contribution in [1.29, 1.82) is 0 Å². The summed E-state index contributed by atoms with van der Waals surface area (Å²) >= 11 is 7.25. The number of rotatable bonds is 2. The van der Waals surface area contributed by atoms with Crippen molar-refractivity contribution >= 4 is 29.1 Å². The van der Waals surface area contributed by atoms with Crippen molar-refractivity contribution in [3.63, 3.8) is 0 Å². The summed E-state index contributed by atoms with van der Waals surface area (Å²) in [5.74, 6) is 0.872. The predicted octanol–water partition coefficient (Wildman–Crippen LogP) is 4.16. The van der Waals surface area contributed by atoms with Gasteiger partial charge in [0, 0.05) is 16.7 Å². The molecule has 1 aromatic rings. The summed E-state index contributed by atoms with van der Waals surface area (Å²) in [4.78, 5) is 1.17. The van der Waals surface area contributed by atoms with Gasteiger partial charge in [0.1, 0.15) is 5.82 Å². The highest BCUT2D eigenvalue weighted by Gasteiger charge is 2.23. The number of fused-ring (bicyclic) bond motifs is 1. The van der Waals surface area contributed by atoms with Crippen LogP contribution < -0.4 is 10.6 Å². The maximum Gasteiger partial charge on any atom is 0.166 e. The number of hydrogen-bond acceptors (Lipinski definition) is 2. The third-order valence-electron chi connectivity index (χ3n) is 4.26. The van der Waals surface area contributed by atoms with Crippen LogP contribution in [0.3, 0.4) is 0 Å². The minimum atomic E-state index is -0.172. The summed E-state index contributed by atoms with van der Waals surface area (Å²) in [5.41, 5.74) is 1.04. The van der Waals surface area contributed by atoms with E-state index in [1.54, 1.807) is 17.8 Å². The Bertz CT molecular complexity index is 515. The van der Waals surface area contributed by atoms with E-state index in [2.05, 4.69) is 10.6 Å². The Morgan fingerprint density at radius 3 is 2.76 bits per heavy atom. The van der Waals surface area contributed by atoms with E-state index < -0.39 is 0 Å². The number of benzene rings is 1. The number of hydrogen-bond donors (Lipinski definition) is 2. The van der Waals surface area contributed by atoms with Gasteiger partial charge in [0.15, 0.2) is 5.11 Å². The quantitative estimate of drug-likeness (QED) is 0.798. The van der Waals surface area contributed by atoms with Gasteiger partial charge >= 0.3 is 0 Å². The molecule has 1 aliphatic heterocycles. The molecule has 3 rings (SSSR count). The van der Waals surface area contributed by atoms with Gasteiger partial charge in [-0.05, 0) is 55.2 Å². The van der Waals surface area contributed by atoms with E-state index in [-0.39, 0.29) is 11.9 Å². The summed E-state index contributed by atoms with van der Waals surface area (Å²) in [6, 6.07) is 5.68. The number of thioether (sulfide) groups is 1. The van der Waals surface area contributed by atoms with Gasteiger partial charge in [-0.3, -0.25) is 0 Å². The Kier molecular flexibility index (Phi) is 5.01. The molecule has 0 bridgehead atoms. The van der Waals surface area contributed by atoms with Crippen LogP contribution in [0.15, 0.2) is 23.1 Å². The third kappa shape index (κ3) is 3.89. The molecule has 0 radical (unpaired) electrons. The zero-order valence-corrected chi connectivity index (χ0v) is 13.7. The van der Waals surface area contributed by atoms with Crippen molar-refractivity contribution in [2.24, 2.45) is 0 Å². The summed E-state index contributed by atoms with van der Waals surface area (Å²) < 4.78 is 13.5. The predicted molar refractivity (Wildman–Crippen MR) is 90.2 cm³/mol. The van der Waals surface area contributed by atoms with Crippen molar-refractivity contribution in [1.82, 2.24) is 10.6 Å². The minimum Gasteiger partial charge on any atom is -0.360 e. The Morgan fingerprint density at radius 2 is 1.95 bits per heavy atom. The molecule has 2 N–H and O–H groups in total. The Hall–Kier alpha value is -0.810. The first-order valence-electron chi connectivity index (χ1n) is 7.71. The van der Waals surface area contributed by atoms with Crippen molar-refractivity contribution in [2.75, 3.05) is 5.75 Å². The molecule has 0 spiro atoms. The van der Waals surface area contributed by atoms with Crippen molar-refractivity contribution in [3.8, 4) is 0 Å². The van der Waals surface area contributed by atoms with Gasteiger partial charge < -0.3 is 10.6 Å². The SMILES string of the molecule is Fc1ccc2c(c1)[C@H](NC(=S)NC1CCCCC1)CCS2. The molecule has 21 heavy (non-hydrogen) atoms. The molecule has 0 saturated heterocycles. The zero-order valence-electron chi connectivity index (χ0n) is 12.0. The molecular weight excluding hydrogens is 303 g/mol. The fourth-order valence-corrected chi connectivity index (χ4v) is 4.56. The lowest BCUT2D eigenvalue weighted by molar-refractivity contribution is 0.409. The molecule has 1 aliphatic carbocycles. The molecule has 2 nitrogen and oxygen atoms in total. The van der Waals surface area contributed by atoms with Gasteiger partial charge in [-0.2, -0.15) is 0 Å². The molecule has 0 amide bonds. The highest BCUT2D eigenvalue weighted by atomic mass is 32.2. The summed E-state index contributed by atoms with van der Waals surface area (Å²) in [7, 11) is 0. The molecule has 5 heteroatoms. The summed E-state index contributed by atoms with van der Waals surface area (Å²) in [6.07, 6.45) is 7.29. The molecule has 114 valence electrons. The van der Waals surface area contributed by atoms with Gasteiger partial charge in [0.2, 0.25) is 0 Å². The van der Waals surface area contributed by atoms with Gasteiger partial charge in [0.05, 0.1) is 6.04 Å². The lowest BCUT2D eigenvalue weighted by Gasteiger charge is -2.30. The second-order valence-corrected chi connectivity index (χ2v) is 7.37. The molecule has 1 atom stereocenters. The van der Waals surface area contributed by atoms with E-state index in [1.807, 2.05) is 6.07 Å². The second-order valence-electron chi connectivity index (χ2n) is 5.82. The van der Waals surface area contributed by atoms with E-state index in [9.17, 15) is 4.39 Å². The van der Waals surface area contributed by atoms with Crippen LogP contribution in [0.1, 0.15) is 50.1 Å². The van der Waals surface area contributed by atoms with Crippen LogP contribution in [-0.4, -0.2) is 16.9 Å². The lowest BCUT2D eigenvalue weighted by Crippen LogP contribution is -2.44. The van der Waals surface area contributed by atoms with Crippen molar-refractivity contribution in [3.05, 3.63) is 29.6 Å². The van der Waals surface area contributed by atoms with Crippen LogP contribution in [-0.2, 0) is 0 Å². The van der Waals surface area contributed by atoms with E-state index in [0.29, 0.717) is 11.2 Å². The van der Waals surface area contributed by atoms with E-state index in [4.69, 9.17) is 12.2 Å². The number of nitrogens with one attached hydrogen (secondary N) is 2. The summed E-state index contributed by atoms with van der Waals surface area (Å²) in [5, 5.41) is 7.54. The van der Waals surface area contributed by atoms with Crippen LogP contribution in [0.2, 0.25) is 0 Å². The van der Waals surface area contributed by atoms with Gasteiger partial charge in [-0.1, -0.05) is 19.3 Å². The normalized spacial score (nSPS) is 22.4. The smallest absolute Gasteiger partial charge is 0.166 e. The van der Waals surface area contributed by atoms with Gasteiger partial charge in [-0.15, -0.1) is 11.8 Å². The highest BCUT2D eigenvalue weighted by Crippen LogP contribution is 2.36. The number of halogens is 1. The molecule has 0 unspecified atom stereocenters. The average molecular weight is 324 g/mol. The van der Waals surface area contributed by atoms with Crippen LogP contribution in [0, 0.1) is 5.82 Å². The average Bonchev–Trinajstić information content (AvgIpc) is 2.49. The molecule has 1 aromatic carbocycles. The van der Waals surface area contributed by atoms with Crippen molar-refractivity contribution in [2.45, 2.75) is 55.5 Å². The maximum absolute atomic E-state index is 13.5. The fraction of sp³-hybridized carbons (Fsp3) is 0.562. The topological polar surface area (TPSA) is 24.1 Å². The van der Waals surface area contributed by atoms with E-state index in [0.717, 1.165) is 17.7 Å². The third-order valence-corrected chi connectivity index (χ3v) is 5.62. The first kappa shape index (κ1) is 15.1. The van der Waals surface area contributed by atoms with E-state index in [1.165, 1.54) is 43.1 Å². The van der Waals surface area contributed by atoms with Crippen LogP contribution in [0.5, 0.6) is 0 Å². The summed E-state index contributed by atoms with van der Waals surface area (Å²) in [6.45, 7) is 0. The monoisotopic (exact) mass is 324 g/mol. The van der Waals surface area contributed by atoms with Crippen molar-refractivity contribution < 1.29 is 4.39 Å². The molecule has 1 heterocycles. The molecule has 0 aromatic heterocycles. The first-order valence-corrected chi connectivity index (χ1v) is 9.11.